The highest BCUT2D eigenvalue weighted by Gasteiger charge is 2.29. The van der Waals surface area contributed by atoms with Crippen LogP contribution in [0, 0.1) is 0 Å². The van der Waals surface area contributed by atoms with E-state index in [2.05, 4.69) is 4.90 Å². The first-order chi connectivity index (χ1) is 10.8. The molecule has 1 N–H and O–H groups in total. The third-order valence-corrected chi connectivity index (χ3v) is 3.80. The minimum atomic E-state index is -0.0535. The van der Waals surface area contributed by atoms with Crippen LogP contribution in [0.4, 0.5) is 0 Å². The quantitative estimate of drug-likeness (QED) is 0.696. The maximum absolute atomic E-state index is 9.80. The van der Waals surface area contributed by atoms with Gasteiger partial charge in [-0.05, 0) is 24.1 Å². The van der Waals surface area contributed by atoms with Gasteiger partial charge in [-0.25, -0.2) is 0 Å². The molecule has 0 unspecified atom stereocenters. The van der Waals surface area contributed by atoms with Crippen LogP contribution in [0.5, 0.6) is 5.75 Å². The predicted molar refractivity (Wildman–Crippen MR) is 81.7 cm³/mol. The van der Waals surface area contributed by atoms with Gasteiger partial charge >= 0.3 is 0 Å². The van der Waals surface area contributed by atoms with Gasteiger partial charge in [0.25, 0.3) is 0 Å². The van der Waals surface area contributed by atoms with Crippen LogP contribution in [-0.2, 0) is 14.2 Å². The summed E-state index contributed by atoms with van der Waals surface area (Å²) in [6.45, 7) is 2.26. The molecule has 1 aliphatic heterocycles. The summed E-state index contributed by atoms with van der Waals surface area (Å²) in [6.07, 6.45) is 1.10. The molecule has 1 heterocycles. The van der Waals surface area contributed by atoms with Crippen LogP contribution in [0.3, 0.4) is 0 Å². The Morgan fingerprint density at radius 1 is 1.27 bits per heavy atom. The minimum Gasteiger partial charge on any atom is -0.468 e. The van der Waals surface area contributed by atoms with E-state index in [9.17, 15) is 5.11 Å². The largest absolute Gasteiger partial charge is 0.468 e. The topological polar surface area (TPSA) is 60.4 Å². The van der Waals surface area contributed by atoms with Gasteiger partial charge in [0.05, 0.1) is 18.8 Å². The molecule has 124 valence electrons. The monoisotopic (exact) mass is 311 g/mol. The molecule has 0 bridgehead atoms. The third kappa shape index (κ3) is 4.66. The Morgan fingerprint density at radius 3 is 2.82 bits per heavy atom. The zero-order valence-electron chi connectivity index (χ0n) is 13.2. The van der Waals surface area contributed by atoms with E-state index in [1.165, 1.54) is 0 Å². The Labute approximate surface area is 131 Å². The van der Waals surface area contributed by atoms with Gasteiger partial charge < -0.3 is 24.1 Å². The van der Waals surface area contributed by atoms with Gasteiger partial charge in [0, 0.05) is 27.3 Å². The van der Waals surface area contributed by atoms with Crippen LogP contribution < -0.4 is 4.74 Å². The Balaban J connectivity index is 1.99. The van der Waals surface area contributed by atoms with Crippen molar-refractivity contribution in [2.24, 2.45) is 0 Å². The average Bonchev–Trinajstić information content (AvgIpc) is 3.01. The smallest absolute Gasteiger partial charge is 0.188 e. The fourth-order valence-corrected chi connectivity index (χ4v) is 2.71. The summed E-state index contributed by atoms with van der Waals surface area (Å²) in [7, 11) is 3.21. The van der Waals surface area contributed by atoms with E-state index in [1.807, 2.05) is 24.3 Å². The lowest BCUT2D eigenvalue weighted by atomic mass is 10.1. The third-order valence-electron chi connectivity index (χ3n) is 3.80. The second-order valence-corrected chi connectivity index (χ2v) is 5.30. The molecule has 22 heavy (non-hydrogen) atoms. The number of rotatable bonds is 9. The van der Waals surface area contributed by atoms with Gasteiger partial charge in [-0.1, -0.05) is 12.1 Å². The second kappa shape index (κ2) is 9.07. The van der Waals surface area contributed by atoms with Gasteiger partial charge in [0.2, 0.25) is 0 Å². The Kier molecular flexibility index (Phi) is 7.08. The molecule has 0 spiro atoms. The summed E-state index contributed by atoms with van der Waals surface area (Å²) in [4.78, 5) is 2.23. The van der Waals surface area contributed by atoms with E-state index in [-0.39, 0.29) is 25.5 Å². The maximum atomic E-state index is 9.80. The van der Waals surface area contributed by atoms with Crippen LogP contribution in [0.25, 0.3) is 0 Å². The van der Waals surface area contributed by atoms with Crippen molar-refractivity contribution in [1.29, 1.82) is 0 Å². The van der Waals surface area contributed by atoms with Crippen molar-refractivity contribution in [3.8, 4) is 5.75 Å². The first kappa shape index (κ1) is 17.2. The molecule has 6 heteroatoms. The molecular weight excluding hydrogens is 286 g/mol. The average molecular weight is 311 g/mol. The van der Waals surface area contributed by atoms with Gasteiger partial charge in [-0.3, -0.25) is 4.90 Å². The molecule has 6 nitrogen and oxygen atoms in total. The summed E-state index contributed by atoms with van der Waals surface area (Å²) >= 11 is 0. The minimum absolute atomic E-state index is 0.0535. The number of hydrogen-bond acceptors (Lipinski definition) is 6. The first-order valence-electron chi connectivity index (χ1n) is 7.45. The summed E-state index contributed by atoms with van der Waals surface area (Å²) < 4.78 is 20.9. The number of hydrogen-bond donors (Lipinski definition) is 1. The van der Waals surface area contributed by atoms with E-state index in [1.54, 1.807) is 14.2 Å². The highest BCUT2D eigenvalue weighted by atomic mass is 16.7. The molecule has 1 fully saturated rings. The lowest BCUT2D eigenvalue weighted by Gasteiger charge is -2.26. The van der Waals surface area contributed by atoms with E-state index in [0.29, 0.717) is 6.79 Å². The number of benzene rings is 1. The summed E-state index contributed by atoms with van der Waals surface area (Å²) in [6, 6.07) is 7.71. The predicted octanol–water partition coefficient (Wildman–Crippen LogP) is 1.40. The second-order valence-electron chi connectivity index (χ2n) is 5.30. The Hall–Kier alpha value is -1.18. The molecule has 0 amide bonds. The van der Waals surface area contributed by atoms with Crippen molar-refractivity contribution in [2.75, 3.05) is 47.5 Å². The van der Waals surface area contributed by atoms with Gasteiger partial charge in [0.15, 0.2) is 6.79 Å². The van der Waals surface area contributed by atoms with E-state index >= 15 is 0 Å². The van der Waals surface area contributed by atoms with E-state index in [4.69, 9.17) is 18.9 Å². The molecule has 2 rings (SSSR count). The van der Waals surface area contributed by atoms with Crippen molar-refractivity contribution < 1.29 is 24.1 Å². The SMILES string of the molecule is COCOc1cccc([C@H](CO)N2CC[C@H](OCOC)C2)c1. The molecule has 0 radical (unpaired) electrons. The standard InChI is InChI=1S/C16H25NO5/c1-19-11-21-14-5-3-4-13(8-14)16(10-18)17-7-6-15(9-17)22-12-20-2/h3-5,8,15-16,18H,6-7,9-12H2,1-2H3/t15-,16-/m0/s1. The molecule has 2 atom stereocenters. The Morgan fingerprint density at radius 2 is 2.09 bits per heavy atom. The highest BCUT2D eigenvalue weighted by Crippen LogP contribution is 2.28. The van der Waals surface area contributed by atoms with Gasteiger partial charge in [0.1, 0.15) is 12.5 Å². The fourth-order valence-electron chi connectivity index (χ4n) is 2.71. The number of nitrogens with zero attached hydrogens (tertiary/aromatic N) is 1. The summed E-state index contributed by atoms with van der Waals surface area (Å²) in [5.41, 5.74) is 1.03. The highest BCUT2D eigenvalue weighted by molar-refractivity contribution is 5.30. The molecule has 0 aliphatic carbocycles. The number of methoxy groups -OCH3 is 2. The number of aliphatic hydroxyl groups is 1. The first-order valence-corrected chi connectivity index (χ1v) is 7.45. The van der Waals surface area contributed by atoms with Crippen LogP contribution in [0.1, 0.15) is 18.0 Å². The zero-order chi connectivity index (χ0) is 15.8. The van der Waals surface area contributed by atoms with Crippen molar-refractivity contribution in [3.63, 3.8) is 0 Å². The van der Waals surface area contributed by atoms with Gasteiger partial charge in [-0.15, -0.1) is 0 Å². The van der Waals surface area contributed by atoms with Crippen LogP contribution in [-0.4, -0.2) is 63.6 Å². The molecule has 1 saturated heterocycles. The fraction of sp³-hybridized carbons (Fsp3) is 0.625. The van der Waals surface area contributed by atoms with Crippen molar-refractivity contribution in [1.82, 2.24) is 4.90 Å². The number of aliphatic hydroxyl groups excluding tert-OH is 1. The summed E-state index contributed by atoms with van der Waals surface area (Å²) in [5, 5.41) is 9.80. The van der Waals surface area contributed by atoms with Crippen molar-refractivity contribution >= 4 is 0 Å². The molecule has 1 aromatic rings. The van der Waals surface area contributed by atoms with Gasteiger partial charge in [-0.2, -0.15) is 0 Å². The van der Waals surface area contributed by atoms with E-state index in [0.717, 1.165) is 30.8 Å². The molecule has 0 saturated carbocycles. The maximum Gasteiger partial charge on any atom is 0.188 e. The van der Waals surface area contributed by atoms with Crippen LogP contribution in [0.15, 0.2) is 24.3 Å². The van der Waals surface area contributed by atoms with Crippen LogP contribution >= 0.6 is 0 Å². The van der Waals surface area contributed by atoms with Crippen molar-refractivity contribution in [3.05, 3.63) is 29.8 Å². The summed E-state index contributed by atoms with van der Waals surface area (Å²) in [5.74, 6) is 0.740. The lowest BCUT2D eigenvalue weighted by molar-refractivity contribution is -0.0684. The zero-order valence-corrected chi connectivity index (χ0v) is 13.2. The molecule has 1 aromatic carbocycles. The van der Waals surface area contributed by atoms with Crippen LogP contribution in [0.2, 0.25) is 0 Å². The lowest BCUT2D eigenvalue weighted by Crippen LogP contribution is -2.30. The Bertz CT molecular complexity index is 442. The van der Waals surface area contributed by atoms with Crippen molar-refractivity contribution in [2.45, 2.75) is 18.6 Å². The normalized spacial score (nSPS) is 20.2. The number of likely N-dealkylation sites (tertiary alicyclic amines) is 1. The van der Waals surface area contributed by atoms with E-state index < -0.39 is 0 Å². The molecular formula is C16H25NO5. The molecule has 1 aliphatic rings. The molecule has 0 aromatic heterocycles. The number of ether oxygens (including phenoxy) is 4.